The van der Waals surface area contributed by atoms with Crippen LogP contribution in [-0.2, 0) is 9.53 Å². The molecule has 0 unspecified atom stereocenters. The van der Waals surface area contributed by atoms with Crippen molar-refractivity contribution in [3.05, 3.63) is 30.6 Å². The van der Waals surface area contributed by atoms with Crippen molar-refractivity contribution in [3.8, 4) is 5.75 Å². The van der Waals surface area contributed by atoms with Crippen molar-refractivity contribution in [2.24, 2.45) is 0 Å². The van der Waals surface area contributed by atoms with Gasteiger partial charge in [0, 0.05) is 13.1 Å². The van der Waals surface area contributed by atoms with Crippen molar-refractivity contribution in [2.45, 2.75) is 5.03 Å². The van der Waals surface area contributed by atoms with Gasteiger partial charge in [0.05, 0.1) is 31.8 Å². The largest absolute Gasteiger partial charge is 0.495 e. The second-order valence-electron chi connectivity index (χ2n) is 5.96. The molecular formula is C18H19N5O3S2. The first-order valence-corrected chi connectivity index (χ1v) is 10.5. The molecule has 10 heteroatoms. The van der Waals surface area contributed by atoms with E-state index in [1.807, 2.05) is 18.2 Å². The summed E-state index contributed by atoms with van der Waals surface area (Å²) in [5.74, 6) is 0.733. The Bertz CT molecular complexity index is 975. The number of hydrogen-bond acceptors (Lipinski definition) is 9. The number of aromatic nitrogens is 3. The molecule has 3 aromatic rings. The molecular weight excluding hydrogens is 398 g/mol. The number of carbonyl (C=O) groups is 1. The Labute approximate surface area is 170 Å². The zero-order valence-electron chi connectivity index (χ0n) is 15.3. The number of para-hydroxylation sites is 2. The number of hydrogen-bond donors (Lipinski definition) is 1. The summed E-state index contributed by atoms with van der Waals surface area (Å²) in [5.41, 5.74) is 1.31. The fourth-order valence-electron chi connectivity index (χ4n) is 2.78. The summed E-state index contributed by atoms with van der Waals surface area (Å²) in [6, 6.07) is 7.32. The second kappa shape index (κ2) is 8.72. The molecule has 3 heterocycles. The maximum absolute atomic E-state index is 12.4. The normalized spacial score (nSPS) is 14.2. The maximum Gasteiger partial charge on any atom is 0.234 e. The van der Waals surface area contributed by atoms with Gasteiger partial charge in [-0.2, -0.15) is 4.98 Å². The van der Waals surface area contributed by atoms with Crippen molar-refractivity contribution in [3.63, 3.8) is 0 Å². The van der Waals surface area contributed by atoms with E-state index in [2.05, 4.69) is 25.2 Å². The van der Waals surface area contributed by atoms with Crippen LogP contribution in [0, 0.1) is 0 Å². The number of nitrogens with zero attached hydrogens (tertiary/aromatic N) is 4. The van der Waals surface area contributed by atoms with E-state index in [-0.39, 0.29) is 11.7 Å². The molecule has 1 aliphatic rings. The molecule has 0 radical (unpaired) electrons. The molecule has 1 fully saturated rings. The van der Waals surface area contributed by atoms with Crippen LogP contribution in [0.25, 0.3) is 10.3 Å². The number of fused-ring (bicyclic) bond motifs is 1. The van der Waals surface area contributed by atoms with E-state index in [0.29, 0.717) is 30.3 Å². The molecule has 8 nitrogen and oxygen atoms in total. The van der Waals surface area contributed by atoms with Gasteiger partial charge < -0.3 is 19.7 Å². The first-order valence-electron chi connectivity index (χ1n) is 8.74. The van der Waals surface area contributed by atoms with Crippen LogP contribution >= 0.6 is 23.1 Å². The summed E-state index contributed by atoms with van der Waals surface area (Å²) in [5, 5.41) is 4.55. The summed E-state index contributed by atoms with van der Waals surface area (Å²) < 4.78 is 11.6. The Morgan fingerprint density at radius 1 is 1.32 bits per heavy atom. The minimum absolute atomic E-state index is 0.126. The predicted octanol–water partition coefficient (Wildman–Crippen LogP) is 2.66. The van der Waals surface area contributed by atoms with E-state index >= 15 is 0 Å². The van der Waals surface area contributed by atoms with Crippen molar-refractivity contribution in [1.29, 1.82) is 0 Å². The SMILES string of the molecule is COc1ccccc1NC(=O)CSc1ncnc2nc(N3CCOCC3)sc12. The summed E-state index contributed by atoms with van der Waals surface area (Å²) in [4.78, 5) is 27.8. The van der Waals surface area contributed by atoms with Crippen LogP contribution in [0.5, 0.6) is 5.75 Å². The van der Waals surface area contributed by atoms with Crippen molar-refractivity contribution >= 4 is 50.2 Å². The molecule has 1 amide bonds. The molecule has 1 aromatic carbocycles. The van der Waals surface area contributed by atoms with Crippen LogP contribution in [0.15, 0.2) is 35.6 Å². The van der Waals surface area contributed by atoms with Crippen LogP contribution in [0.2, 0.25) is 0 Å². The molecule has 0 bridgehead atoms. The van der Waals surface area contributed by atoms with Crippen LogP contribution in [0.4, 0.5) is 10.8 Å². The fraction of sp³-hybridized carbons (Fsp3) is 0.333. The highest BCUT2D eigenvalue weighted by Crippen LogP contribution is 2.34. The Hall–Kier alpha value is -2.43. The number of thioether (sulfide) groups is 1. The smallest absolute Gasteiger partial charge is 0.234 e. The average molecular weight is 418 g/mol. The van der Waals surface area contributed by atoms with Gasteiger partial charge in [-0.3, -0.25) is 4.79 Å². The number of ether oxygens (including phenoxy) is 2. The van der Waals surface area contributed by atoms with E-state index in [1.165, 1.54) is 18.1 Å². The van der Waals surface area contributed by atoms with E-state index in [1.54, 1.807) is 24.5 Å². The van der Waals surface area contributed by atoms with Gasteiger partial charge in [-0.1, -0.05) is 35.2 Å². The minimum Gasteiger partial charge on any atom is -0.495 e. The van der Waals surface area contributed by atoms with Crippen LogP contribution in [0.3, 0.4) is 0 Å². The number of carbonyl (C=O) groups excluding carboxylic acids is 1. The van der Waals surface area contributed by atoms with Crippen molar-refractivity contribution in [2.75, 3.05) is 49.4 Å². The number of thiazole rings is 1. The van der Waals surface area contributed by atoms with Gasteiger partial charge in [-0.25, -0.2) is 9.97 Å². The first-order chi connectivity index (χ1) is 13.7. The van der Waals surface area contributed by atoms with Crippen molar-refractivity contribution < 1.29 is 14.3 Å². The summed E-state index contributed by atoms with van der Waals surface area (Å²) in [6.07, 6.45) is 1.49. The van der Waals surface area contributed by atoms with Gasteiger partial charge in [0.2, 0.25) is 5.91 Å². The number of rotatable bonds is 6. The van der Waals surface area contributed by atoms with Crippen LogP contribution in [-0.4, -0.2) is 60.0 Å². The Balaban J connectivity index is 1.45. The summed E-state index contributed by atoms with van der Waals surface area (Å²) >= 11 is 2.93. The van der Waals surface area contributed by atoms with Gasteiger partial charge in [-0.15, -0.1) is 0 Å². The lowest BCUT2D eigenvalue weighted by atomic mass is 10.3. The molecule has 1 saturated heterocycles. The molecule has 146 valence electrons. The second-order valence-corrected chi connectivity index (χ2v) is 7.91. The number of morpholine rings is 1. The minimum atomic E-state index is -0.126. The molecule has 0 saturated carbocycles. The monoisotopic (exact) mass is 417 g/mol. The standard InChI is InChI=1S/C18H19N5O3S2/c1-25-13-5-3-2-4-12(13)21-14(24)10-27-17-15-16(19-11-20-17)22-18(28-15)23-6-8-26-9-7-23/h2-5,11H,6-10H2,1H3,(H,21,24). The lowest BCUT2D eigenvalue weighted by Gasteiger charge is -2.25. The Morgan fingerprint density at radius 2 is 2.14 bits per heavy atom. The topological polar surface area (TPSA) is 89.5 Å². The molecule has 1 aliphatic heterocycles. The lowest BCUT2D eigenvalue weighted by molar-refractivity contribution is -0.113. The van der Waals surface area contributed by atoms with E-state index in [0.717, 1.165) is 27.9 Å². The third kappa shape index (κ3) is 4.18. The number of methoxy groups -OCH3 is 1. The molecule has 0 atom stereocenters. The molecule has 2 aromatic heterocycles. The third-order valence-corrected chi connectivity index (χ3v) is 6.38. The maximum atomic E-state index is 12.4. The number of nitrogens with one attached hydrogen (secondary N) is 1. The van der Waals surface area contributed by atoms with Gasteiger partial charge in [0.25, 0.3) is 0 Å². The highest BCUT2D eigenvalue weighted by Gasteiger charge is 2.18. The van der Waals surface area contributed by atoms with Crippen LogP contribution < -0.4 is 15.0 Å². The highest BCUT2D eigenvalue weighted by atomic mass is 32.2. The van der Waals surface area contributed by atoms with Gasteiger partial charge in [0.1, 0.15) is 21.8 Å². The molecule has 4 rings (SSSR count). The molecule has 1 N–H and O–H groups in total. The Kier molecular flexibility index (Phi) is 5.89. The van der Waals surface area contributed by atoms with E-state index in [9.17, 15) is 4.79 Å². The van der Waals surface area contributed by atoms with E-state index in [4.69, 9.17) is 9.47 Å². The average Bonchev–Trinajstić information content (AvgIpc) is 3.18. The van der Waals surface area contributed by atoms with Crippen LogP contribution in [0.1, 0.15) is 0 Å². The zero-order valence-corrected chi connectivity index (χ0v) is 16.9. The first kappa shape index (κ1) is 18.9. The molecule has 0 aliphatic carbocycles. The van der Waals surface area contributed by atoms with Crippen molar-refractivity contribution in [1.82, 2.24) is 15.0 Å². The summed E-state index contributed by atoms with van der Waals surface area (Å²) in [7, 11) is 1.58. The number of anilines is 2. The molecule has 28 heavy (non-hydrogen) atoms. The van der Waals surface area contributed by atoms with Gasteiger partial charge >= 0.3 is 0 Å². The molecule has 0 spiro atoms. The van der Waals surface area contributed by atoms with E-state index < -0.39 is 0 Å². The van der Waals surface area contributed by atoms with Gasteiger partial charge in [0.15, 0.2) is 10.8 Å². The lowest BCUT2D eigenvalue weighted by Crippen LogP contribution is -2.36. The quantitative estimate of drug-likeness (QED) is 0.484. The Morgan fingerprint density at radius 3 is 2.96 bits per heavy atom. The third-order valence-electron chi connectivity index (χ3n) is 4.15. The summed E-state index contributed by atoms with van der Waals surface area (Å²) in [6.45, 7) is 3.03. The number of benzene rings is 1. The zero-order chi connectivity index (χ0) is 19.3. The predicted molar refractivity (Wildman–Crippen MR) is 111 cm³/mol. The fourth-order valence-corrected chi connectivity index (χ4v) is 4.73. The highest BCUT2D eigenvalue weighted by molar-refractivity contribution is 8.00. The van der Waals surface area contributed by atoms with Gasteiger partial charge in [-0.05, 0) is 12.1 Å². The number of amides is 1.